The summed E-state index contributed by atoms with van der Waals surface area (Å²) >= 11 is 0. The summed E-state index contributed by atoms with van der Waals surface area (Å²) < 4.78 is 16.8. The van der Waals surface area contributed by atoms with Gasteiger partial charge in [0.2, 0.25) is 0 Å². The minimum atomic E-state index is 0.388. The molecule has 1 fully saturated rings. The van der Waals surface area contributed by atoms with Crippen molar-refractivity contribution in [1.29, 1.82) is 0 Å². The molecule has 0 bridgehead atoms. The third-order valence-electron chi connectivity index (χ3n) is 5.18. The van der Waals surface area contributed by atoms with Gasteiger partial charge in [-0.15, -0.1) is 0 Å². The molecule has 5 nitrogen and oxygen atoms in total. The van der Waals surface area contributed by atoms with Crippen molar-refractivity contribution in [1.82, 2.24) is 10.1 Å². The standard InChI is InChI=1S/C20H24N2O3/c1-13-19(14(2)25-21-13)17-7-5-9-22(17)11-15-10-16-6-4-8-18(23-3)20(16)24-12-15/h4,6,8,10,17H,5,7,9,11-12H2,1-3H3/t17-/m1/s1. The molecule has 0 N–H and O–H groups in total. The van der Waals surface area contributed by atoms with Gasteiger partial charge in [-0.25, -0.2) is 0 Å². The molecule has 132 valence electrons. The highest BCUT2D eigenvalue weighted by Crippen LogP contribution is 2.38. The average molecular weight is 340 g/mol. The van der Waals surface area contributed by atoms with Crippen molar-refractivity contribution < 1.29 is 14.0 Å². The fraction of sp³-hybridized carbons (Fsp3) is 0.450. The van der Waals surface area contributed by atoms with Crippen molar-refractivity contribution in [3.63, 3.8) is 0 Å². The van der Waals surface area contributed by atoms with Crippen LogP contribution in [0.25, 0.3) is 6.08 Å². The summed E-state index contributed by atoms with van der Waals surface area (Å²) in [7, 11) is 1.68. The molecule has 0 spiro atoms. The van der Waals surface area contributed by atoms with Crippen LogP contribution >= 0.6 is 0 Å². The number of para-hydroxylation sites is 1. The summed E-state index contributed by atoms with van der Waals surface area (Å²) in [6, 6.07) is 6.40. The van der Waals surface area contributed by atoms with E-state index >= 15 is 0 Å². The Morgan fingerprint density at radius 1 is 1.32 bits per heavy atom. The van der Waals surface area contributed by atoms with Crippen molar-refractivity contribution in [2.75, 3.05) is 26.8 Å². The zero-order valence-electron chi connectivity index (χ0n) is 15.0. The predicted molar refractivity (Wildman–Crippen MR) is 96.0 cm³/mol. The van der Waals surface area contributed by atoms with Gasteiger partial charge in [0.1, 0.15) is 12.4 Å². The molecule has 1 saturated heterocycles. The van der Waals surface area contributed by atoms with Gasteiger partial charge in [-0.2, -0.15) is 0 Å². The van der Waals surface area contributed by atoms with Gasteiger partial charge >= 0.3 is 0 Å². The van der Waals surface area contributed by atoms with E-state index in [4.69, 9.17) is 14.0 Å². The predicted octanol–water partition coefficient (Wildman–Crippen LogP) is 3.91. The van der Waals surface area contributed by atoms with E-state index in [1.807, 2.05) is 26.0 Å². The monoisotopic (exact) mass is 340 g/mol. The van der Waals surface area contributed by atoms with E-state index in [2.05, 4.69) is 22.2 Å². The van der Waals surface area contributed by atoms with E-state index in [0.29, 0.717) is 12.6 Å². The fourth-order valence-electron chi connectivity index (χ4n) is 4.05. The van der Waals surface area contributed by atoms with E-state index in [-0.39, 0.29) is 0 Å². The second-order valence-electron chi connectivity index (χ2n) is 6.84. The molecule has 0 unspecified atom stereocenters. The van der Waals surface area contributed by atoms with Crippen molar-refractivity contribution >= 4 is 6.08 Å². The molecule has 2 aliphatic heterocycles. The summed E-state index contributed by atoms with van der Waals surface area (Å²) in [6.07, 6.45) is 4.60. The maximum atomic E-state index is 5.99. The Kier molecular flexibility index (Phi) is 4.25. The smallest absolute Gasteiger partial charge is 0.168 e. The lowest BCUT2D eigenvalue weighted by molar-refractivity contribution is 0.254. The van der Waals surface area contributed by atoms with Crippen LogP contribution in [0.2, 0.25) is 0 Å². The van der Waals surface area contributed by atoms with Crippen molar-refractivity contribution in [3.8, 4) is 11.5 Å². The van der Waals surface area contributed by atoms with Crippen LogP contribution < -0.4 is 9.47 Å². The second kappa shape index (κ2) is 6.56. The highest BCUT2D eigenvalue weighted by molar-refractivity contribution is 5.66. The first-order valence-corrected chi connectivity index (χ1v) is 8.83. The molecule has 2 aromatic rings. The highest BCUT2D eigenvalue weighted by atomic mass is 16.5. The van der Waals surface area contributed by atoms with E-state index < -0.39 is 0 Å². The molecule has 2 aliphatic rings. The largest absolute Gasteiger partial charge is 0.493 e. The lowest BCUT2D eigenvalue weighted by Crippen LogP contribution is -2.28. The van der Waals surface area contributed by atoms with Gasteiger partial charge in [-0.05, 0) is 50.9 Å². The van der Waals surface area contributed by atoms with Crippen molar-refractivity contribution in [3.05, 3.63) is 46.4 Å². The SMILES string of the molecule is COc1cccc2c1OCC(CN1CCC[C@@H]1c1c(C)noc1C)=C2. The van der Waals surface area contributed by atoms with E-state index in [1.54, 1.807) is 7.11 Å². The first-order valence-electron chi connectivity index (χ1n) is 8.83. The van der Waals surface area contributed by atoms with Gasteiger partial charge in [-0.3, -0.25) is 4.90 Å². The maximum absolute atomic E-state index is 5.99. The van der Waals surface area contributed by atoms with Crippen LogP contribution in [0.5, 0.6) is 11.5 Å². The maximum Gasteiger partial charge on any atom is 0.168 e. The number of ether oxygens (including phenoxy) is 2. The van der Waals surface area contributed by atoms with Crippen LogP contribution in [-0.4, -0.2) is 36.9 Å². The van der Waals surface area contributed by atoms with Gasteiger partial charge in [-0.1, -0.05) is 17.3 Å². The molecule has 0 amide bonds. The number of nitrogens with zero attached hydrogens (tertiary/aromatic N) is 2. The summed E-state index contributed by atoms with van der Waals surface area (Å²) in [5, 5.41) is 4.14. The number of aromatic nitrogens is 1. The Hall–Kier alpha value is -2.27. The average Bonchev–Trinajstić information content (AvgIpc) is 3.20. The molecule has 1 atom stereocenters. The number of likely N-dealkylation sites (tertiary alicyclic amines) is 1. The van der Waals surface area contributed by atoms with Crippen LogP contribution in [0.1, 0.15) is 41.5 Å². The molecule has 1 aromatic heterocycles. The van der Waals surface area contributed by atoms with Gasteiger partial charge in [0, 0.05) is 23.7 Å². The number of benzene rings is 1. The Morgan fingerprint density at radius 2 is 2.20 bits per heavy atom. The van der Waals surface area contributed by atoms with Crippen LogP contribution in [-0.2, 0) is 0 Å². The van der Waals surface area contributed by atoms with Crippen LogP contribution in [0.3, 0.4) is 0 Å². The summed E-state index contributed by atoms with van der Waals surface area (Å²) in [6.45, 7) is 6.66. The minimum absolute atomic E-state index is 0.388. The molecular formula is C20H24N2O3. The highest BCUT2D eigenvalue weighted by Gasteiger charge is 2.31. The molecule has 3 heterocycles. The third-order valence-corrected chi connectivity index (χ3v) is 5.18. The number of aryl methyl sites for hydroxylation is 2. The van der Waals surface area contributed by atoms with Crippen molar-refractivity contribution in [2.45, 2.75) is 32.7 Å². The first kappa shape index (κ1) is 16.2. The quantitative estimate of drug-likeness (QED) is 0.844. The van der Waals surface area contributed by atoms with Crippen LogP contribution in [0.15, 0.2) is 28.3 Å². The van der Waals surface area contributed by atoms with E-state index in [0.717, 1.165) is 48.0 Å². The van der Waals surface area contributed by atoms with E-state index in [9.17, 15) is 0 Å². The second-order valence-corrected chi connectivity index (χ2v) is 6.84. The summed E-state index contributed by atoms with van der Waals surface area (Å²) in [5.74, 6) is 2.58. The van der Waals surface area contributed by atoms with Crippen molar-refractivity contribution in [2.24, 2.45) is 0 Å². The Labute approximate surface area is 148 Å². The third kappa shape index (κ3) is 2.93. The van der Waals surface area contributed by atoms with Crippen LogP contribution in [0, 0.1) is 13.8 Å². The number of methoxy groups -OCH3 is 1. The normalized spacial score (nSPS) is 20.1. The number of fused-ring (bicyclic) bond motifs is 1. The van der Waals surface area contributed by atoms with Gasteiger partial charge < -0.3 is 14.0 Å². The first-order chi connectivity index (χ1) is 12.2. The van der Waals surface area contributed by atoms with Crippen LogP contribution in [0.4, 0.5) is 0 Å². The molecule has 0 aliphatic carbocycles. The number of hydrogen-bond acceptors (Lipinski definition) is 5. The van der Waals surface area contributed by atoms with Gasteiger partial charge in [0.05, 0.1) is 12.8 Å². The fourth-order valence-corrected chi connectivity index (χ4v) is 4.05. The van der Waals surface area contributed by atoms with Gasteiger partial charge in [0.15, 0.2) is 11.5 Å². The Bertz CT molecular complexity index is 790. The number of rotatable bonds is 4. The lowest BCUT2D eigenvalue weighted by Gasteiger charge is -2.27. The molecule has 5 heteroatoms. The topological polar surface area (TPSA) is 47.7 Å². The lowest BCUT2D eigenvalue weighted by atomic mass is 10.0. The van der Waals surface area contributed by atoms with E-state index in [1.165, 1.54) is 17.6 Å². The summed E-state index contributed by atoms with van der Waals surface area (Å²) in [5.41, 5.74) is 4.66. The molecular weight excluding hydrogens is 316 g/mol. The molecule has 4 rings (SSSR count). The zero-order chi connectivity index (χ0) is 17.4. The molecule has 25 heavy (non-hydrogen) atoms. The Balaban J connectivity index is 1.57. The zero-order valence-corrected chi connectivity index (χ0v) is 15.0. The molecule has 0 radical (unpaired) electrons. The number of hydrogen-bond donors (Lipinski definition) is 0. The minimum Gasteiger partial charge on any atom is -0.493 e. The Morgan fingerprint density at radius 3 is 2.96 bits per heavy atom. The summed E-state index contributed by atoms with van der Waals surface area (Å²) in [4.78, 5) is 2.52. The van der Waals surface area contributed by atoms with Gasteiger partial charge in [0.25, 0.3) is 0 Å². The molecule has 0 saturated carbocycles. The molecule has 1 aromatic carbocycles.